The van der Waals surface area contributed by atoms with Gasteiger partial charge in [0.05, 0.1) is 17.4 Å². The number of hydrogen-bond acceptors (Lipinski definition) is 7. The van der Waals surface area contributed by atoms with Crippen molar-refractivity contribution in [1.29, 1.82) is 0 Å². The highest BCUT2D eigenvalue weighted by Crippen LogP contribution is 2.25. The summed E-state index contributed by atoms with van der Waals surface area (Å²) in [6, 6.07) is 13.6. The van der Waals surface area contributed by atoms with E-state index >= 15 is 0 Å². The van der Waals surface area contributed by atoms with Crippen molar-refractivity contribution in [2.24, 2.45) is 0 Å². The Bertz CT molecular complexity index is 995. The predicted molar refractivity (Wildman–Crippen MR) is 98.5 cm³/mol. The fourth-order valence-corrected chi connectivity index (χ4v) is 3.40. The van der Waals surface area contributed by atoms with Gasteiger partial charge in [0.25, 0.3) is 0 Å². The Morgan fingerprint density at radius 2 is 2.00 bits per heavy atom. The van der Waals surface area contributed by atoms with Crippen LogP contribution in [0.4, 0.5) is 16.5 Å². The van der Waals surface area contributed by atoms with Crippen LogP contribution in [0, 0.1) is 0 Å². The van der Waals surface area contributed by atoms with E-state index in [0.29, 0.717) is 0 Å². The number of fused-ring (bicyclic) bond motifs is 1. The molecule has 0 aliphatic rings. The summed E-state index contributed by atoms with van der Waals surface area (Å²) in [5.74, 6) is 0. The van der Waals surface area contributed by atoms with Gasteiger partial charge in [-0.05, 0) is 36.2 Å². The van der Waals surface area contributed by atoms with Gasteiger partial charge >= 0.3 is 0 Å². The molecule has 4 rings (SSSR count). The molecule has 2 heterocycles. The van der Waals surface area contributed by atoms with Crippen LogP contribution in [0.5, 0.6) is 0 Å². The van der Waals surface area contributed by atoms with E-state index in [2.05, 4.69) is 31.2 Å². The average molecular weight is 352 g/mol. The summed E-state index contributed by atoms with van der Waals surface area (Å²) in [6.45, 7) is 0. The smallest absolute Gasteiger partial charge is 0.210 e. The van der Waals surface area contributed by atoms with Gasteiger partial charge < -0.3 is 5.32 Å². The quantitative estimate of drug-likeness (QED) is 0.395. The molecule has 25 heavy (non-hydrogen) atoms. The molecule has 4 aromatic rings. The van der Waals surface area contributed by atoms with E-state index in [9.17, 15) is 0 Å². The first kappa shape index (κ1) is 15.6. The van der Waals surface area contributed by atoms with Crippen LogP contribution < -0.4 is 10.8 Å². The molecule has 0 amide bonds. The number of para-hydroxylation sites is 1. The number of nitrogens with one attached hydrogen (secondary N) is 3. The van der Waals surface area contributed by atoms with Crippen LogP contribution >= 0.6 is 11.3 Å². The summed E-state index contributed by atoms with van der Waals surface area (Å²) in [5, 5.41) is 30.6. The SMILES string of the molecule is ONc1ccccc1CCc1nnc(Nc2ccc3[nH]ncc3c2)s1. The topological polar surface area (TPSA) is 98.7 Å². The average Bonchev–Trinajstić information content (AvgIpc) is 3.29. The first-order valence-corrected chi connectivity index (χ1v) is 8.64. The molecule has 0 spiro atoms. The zero-order chi connectivity index (χ0) is 17.1. The van der Waals surface area contributed by atoms with Crippen molar-refractivity contribution in [3.8, 4) is 0 Å². The monoisotopic (exact) mass is 352 g/mol. The van der Waals surface area contributed by atoms with Crippen LogP contribution in [0.3, 0.4) is 0 Å². The Hall–Kier alpha value is -2.97. The molecule has 7 nitrogen and oxygen atoms in total. The first-order valence-electron chi connectivity index (χ1n) is 7.82. The van der Waals surface area contributed by atoms with E-state index in [1.54, 1.807) is 6.20 Å². The van der Waals surface area contributed by atoms with Gasteiger partial charge in [-0.25, -0.2) is 0 Å². The Morgan fingerprint density at radius 1 is 1.08 bits per heavy atom. The molecule has 8 heteroatoms. The van der Waals surface area contributed by atoms with Crippen LogP contribution in [0.1, 0.15) is 10.6 Å². The Morgan fingerprint density at radius 3 is 2.92 bits per heavy atom. The number of aryl methyl sites for hydroxylation is 2. The third-order valence-corrected chi connectivity index (χ3v) is 4.80. The highest BCUT2D eigenvalue weighted by molar-refractivity contribution is 7.15. The number of hydrogen-bond donors (Lipinski definition) is 4. The van der Waals surface area contributed by atoms with E-state index in [1.165, 1.54) is 11.3 Å². The lowest BCUT2D eigenvalue weighted by Crippen LogP contribution is -1.97. The Kier molecular flexibility index (Phi) is 4.28. The molecule has 2 aromatic heterocycles. The molecule has 0 radical (unpaired) electrons. The van der Waals surface area contributed by atoms with Crippen molar-refractivity contribution in [1.82, 2.24) is 20.4 Å². The predicted octanol–water partition coefficient (Wildman–Crippen LogP) is 3.74. The number of aromatic nitrogens is 4. The van der Waals surface area contributed by atoms with Crippen molar-refractivity contribution >= 4 is 38.7 Å². The van der Waals surface area contributed by atoms with E-state index in [1.807, 2.05) is 42.5 Å². The minimum Gasteiger partial charge on any atom is -0.330 e. The number of H-pyrrole nitrogens is 1. The third kappa shape index (κ3) is 3.44. The lowest BCUT2D eigenvalue weighted by molar-refractivity contribution is 0.388. The maximum absolute atomic E-state index is 9.15. The van der Waals surface area contributed by atoms with E-state index in [-0.39, 0.29) is 0 Å². The van der Waals surface area contributed by atoms with Gasteiger partial charge in [-0.15, -0.1) is 10.2 Å². The minimum absolute atomic E-state index is 0.721. The van der Waals surface area contributed by atoms with Crippen LogP contribution in [0.15, 0.2) is 48.7 Å². The third-order valence-electron chi connectivity index (χ3n) is 3.90. The fraction of sp³-hybridized carbons (Fsp3) is 0.118. The zero-order valence-electron chi connectivity index (χ0n) is 13.2. The molecule has 4 N–H and O–H groups in total. The van der Waals surface area contributed by atoms with E-state index in [0.717, 1.165) is 50.8 Å². The van der Waals surface area contributed by atoms with E-state index in [4.69, 9.17) is 5.21 Å². The summed E-state index contributed by atoms with van der Waals surface area (Å²) in [6.07, 6.45) is 3.33. The number of benzene rings is 2. The molecule has 2 aromatic carbocycles. The van der Waals surface area contributed by atoms with Crippen molar-refractivity contribution in [3.63, 3.8) is 0 Å². The van der Waals surface area contributed by atoms with Gasteiger partial charge in [0.15, 0.2) is 0 Å². The molecule has 126 valence electrons. The van der Waals surface area contributed by atoms with Crippen LogP contribution in [0.25, 0.3) is 10.9 Å². The van der Waals surface area contributed by atoms with E-state index < -0.39 is 0 Å². The number of rotatable bonds is 6. The second kappa shape index (κ2) is 6.88. The normalized spacial score (nSPS) is 10.9. The Labute approximate surface area is 147 Å². The summed E-state index contributed by atoms with van der Waals surface area (Å²) in [7, 11) is 0. The van der Waals surface area contributed by atoms with Crippen LogP contribution in [0.2, 0.25) is 0 Å². The molecule has 0 unspecified atom stereocenters. The van der Waals surface area contributed by atoms with Crippen molar-refractivity contribution < 1.29 is 5.21 Å². The zero-order valence-corrected chi connectivity index (χ0v) is 14.0. The summed E-state index contributed by atoms with van der Waals surface area (Å²) in [5.41, 5.74) is 5.94. The molecular formula is C17H16N6OS. The highest BCUT2D eigenvalue weighted by Gasteiger charge is 2.07. The standard InChI is InChI=1S/C17H16N6OS/c24-23-15-4-2-1-3-11(15)5-8-16-21-22-17(25-16)19-13-6-7-14-12(9-13)10-18-20-14/h1-4,6-7,9-10,23-24H,5,8H2,(H,18,20)(H,19,22). The maximum atomic E-state index is 9.15. The van der Waals surface area contributed by atoms with Crippen LogP contribution in [-0.2, 0) is 12.8 Å². The summed E-state index contributed by atoms with van der Waals surface area (Å²) in [4.78, 5) is 0. The fourth-order valence-electron chi connectivity index (χ4n) is 2.64. The van der Waals surface area contributed by atoms with Gasteiger partial charge in [-0.2, -0.15) is 5.10 Å². The molecule has 0 fully saturated rings. The largest absolute Gasteiger partial charge is 0.330 e. The number of aromatic amines is 1. The van der Waals surface area contributed by atoms with Gasteiger partial charge in [0.2, 0.25) is 5.13 Å². The summed E-state index contributed by atoms with van der Waals surface area (Å²) >= 11 is 1.53. The van der Waals surface area contributed by atoms with Crippen molar-refractivity contribution in [2.75, 3.05) is 10.8 Å². The van der Waals surface area contributed by atoms with Crippen molar-refractivity contribution in [3.05, 3.63) is 59.2 Å². The second-order valence-electron chi connectivity index (χ2n) is 5.57. The van der Waals surface area contributed by atoms with Gasteiger partial charge in [-0.1, -0.05) is 29.5 Å². The Balaban J connectivity index is 1.43. The maximum Gasteiger partial charge on any atom is 0.210 e. The first-order chi connectivity index (χ1) is 12.3. The van der Waals surface area contributed by atoms with Gasteiger partial charge in [0, 0.05) is 17.5 Å². The van der Waals surface area contributed by atoms with Gasteiger partial charge in [0.1, 0.15) is 5.01 Å². The van der Waals surface area contributed by atoms with Crippen molar-refractivity contribution in [2.45, 2.75) is 12.8 Å². The molecule has 0 saturated heterocycles. The van der Waals surface area contributed by atoms with Crippen LogP contribution in [-0.4, -0.2) is 25.6 Å². The number of nitrogens with zero attached hydrogens (tertiary/aromatic N) is 3. The molecular weight excluding hydrogens is 336 g/mol. The lowest BCUT2D eigenvalue weighted by Gasteiger charge is -2.06. The second-order valence-corrected chi connectivity index (χ2v) is 6.63. The lowest BCUT2D eigenvalue weighted by atomic mass is 10.1. The summed E-state index contributed by atoms with van der Waals surface area (Å²) < 4.78 is 0. The molecule has 0 aliphatic heterocycles. The highest BCUT2D eigenvalue weighted by atomic mass is 32.1. The molecule has 0 aliphatic carbocycles. The minimum atomic E-state index is 0.721. The van der Waals surface area contributed by atoms with Gasteiger partial charge in [-0.3, -0.25) is 15.8 Å². The molecule has 0 saturated carbocycles. The number of anilines is 3. The molecule has 0 atom stereocenters. The molecule has 0 bridgehead atoms.